The number of carbonyl (C=O) groups excluding carboxylic acids is 1. The molecule has 3 rings (SSSR count). The second-order valence-electron chi connectivity index (χ2n) is 5.38. The van der Waals surface area contributed by atoms with Crippen LogP contribution in [0.25, 0.3) is 10.9 Å². The van der Waals surface area contributed by atoms with Gasteiger partial charge in [0.2, 0.25) is 0 Å². The summed E-state index contributed by atoms with van der Waals surface area (Å²) in [4.78, 5) is 11.9. The van der Waals surface area contributed by atoms with Gasteiger partial charge < -0.3 is 0 Å². The zero-order valence-electron chi connectivity index (χ0n) is 13.0. The van der Waals surface area contributed by atoms with Crippen molar-refractivity contribution in [3.05, 3.63) is 65.4 Å². The molecule has 0 bridgehead atoms. The Morgan fingerprint density at radius 3 is 2.36 bits per heavy atom. The van der Waals surface area contributed by atoms with Crippen LogP contribution in [0.1, 0.15) is 16.1 Å². The van der Waals surface area contributed by atoms with E-state index in [0.29, 0.717) is 3.97 Å². The summed E-state index contributed by atoms with van der Waals surface area (Å²) in [6.07, 6.45) is 0. The van der Waals surface area contributed by atoms with Crippen molar-refractivity contribution in [2.45, 2.75) is 11.8 Å². The van der Waals surface area contributed by atoms with Crippen molar-refractivity contribution in [1.29, 1.82) is 0 Å². The Balaban J connectivity index is 2.39. The topological polar surface area (TPSA) is 94.2 Å². The molecule has 3 aromatic rings. The maximum absolute atomic E-state index is 14.1. The smallest absolute Gasteiger partial charge is 0.282 e. The van der Waals surface area contributed by atoms with Gasteiger partial charge in [-0.2, -0.15) is 0 Å². The average Bonchev–Trinajstić information content (AvgIpc) is 2.99. The molecule has 1 amide bonds. The Kier molecular flexibility index (Phi) is 4.05. The van der Waals surface area contributed by atoms with Crippen molar-refractivity contribution in [3.8, 4) is 0 Å². The van der Waals surface area contributed by atoms with E-state index in [4.69, 9.17) is 5.84 Å². The van der Waals surface area contributed by atoms with E-state index in [2.05, 4.69) is 0 Å². The first-order valence-electron chi connectivity index (χ1n) is 7.10. The molecule has 0 atom stereocenters. The van der Waals surface area contributed by atoms with Crippen LogP contribution in [0.2, 0.25) is 0 Å². The van der Waals surface area contributed by atoms with Crippen molar-refractivity contribution in [1.82, 2.24) is 9.40 Å². The van der Waals surface area contributed by atoms with Gasteiger partial charge in [0.1, 0.15) is 5.69 Å². The predicted molar refractivity (Wildman–Crippen MR) is 87.3 cm³/mol. The van der Waals surface area contributed by atoms with E-state index in [1.165, 1.54) is 12.1 Å². The van der Waals surface area contributed by atoms with E-state index in [-0.39, 0.29) is 15.8 Å². The molecule has 6 nitrogen and oxygen atoms in total. The number of amides is 1. The molecule has 0 aliphatic rings. The first kappa shape index (κ1) is 17.1. The maximum Gasteiger partial charge on any atom is 0.282 e. The van der Waals surface area contributed by atoms with E-state index >= 15 is 0 Å². The quantitative estimate of drug-likeness (QED) is 0.422. The minimum atomic E-state index is -4.24. The molecule has 0 spiro atoms. The van der Waals surface area contributed by atoms with Gasteiger partial charge in [-0.15, -0.1) is 0 Å². The summed E-state index contributed by atoms with van der Waals surface area (Å²) in [5.74, 6) is 1.73. The molecular formula is C16H13F2N3O3S. The lowest BCUT2D eigenvalue weighted by Crippen LogP contribution is -2.33. The lowest BCUT2D eigenvalue weighted by atomic mass is 10.2. The fourth-order valence-corrected chi connectivity index (χ4v) is 4.01. The van der Waals surface area contributed by atoms with E-state index in [0.717, 1.165) is 23.8 Å². The van der Waals surface area contributed by atoms with Crippen LogP contribution in [-0.2, 0) is 10.0 Å². The lowest BCUT2D eigenvalue weighted by molar-refractivity contribution is 0.0948. The molecule has 1 aromatic heterocycles. The summed E-state index contributed by atoms with van der Waals surface area (Å²) in [6.45, 7) is 1.78. The van der Waals surface area contributed by atoms with Crippen molar-refractivity contribution in [3.63, 3.8) is 0 Å². The van der Waals surface area contributed by atoms with E-state index in [1.54, 1.807) is 19.1 Å². The number of nitrogens with zero attached hydrogens (tertiary/aromatic N) is 1. The molecule has 25 heavy (non-hydrogen) atoms. The molecule has 0 fully saturated rings. The average molecular weight is 365 g/mol. The zero-order chi connectivity index (χ0) is 18.4. The molecular weight excluding hydrogens is 352 g/mol. The fraction of sp³-hybridized carbons (Fsp3) is 0.0625. The van der Waals surface area contributed by atoms with Gasteiger partial charge in [-0.3, -0.25) is 10.2 Å². The van der Waals surface area contributed by atoms with Crippen LogP contribution in [0, 0.1) is 18.6 Å². The molecule has 130 valence electrons. The number of hydrazine groups is 1. The van der Waals surface area contributed by atoms with E-state index < -0.39 is 33.3 Å². The number of nitrogens with one attached hydrogen (secondary N) is 1. The summed E-state index contributed by atoms with van der Waals surface area (Å²) in [7, 11) is -4.24. The summed E-state index contributed by atoms with van der Waals surface area (Å²) >= 11 is 0. The van der Waals surface area contributed by atoms with Gasteiger partial charge in [0, 0.05) is 5.39 Å². The maximum atomic E-state index is 14.1. The van der Waals surface area contributed by atoms with Gasteiger partial charge in [0.15, 0.2) is 11.6 Å². The number of nitrogens with two attached hydrogens (primary N) is 1. The van der Waals surface area contributed by atoms with Crippen LogP contribution in [0.3, 0.4) is 0 Å². The van der Waals surface area contributed by atoms with E-state index in [9.17, 15) is 22.0 Å². The van der Waals surface area contributed by atoms with Crippen molar-refractivity contribution in [2.24, 2.45) is 5.84 Å². The molecule has 0 aliphatic carbocycles. The minimum absolute atomic E-state index is 0.105. The predicted octanol–water partition coefficient (Wildman–Crippen LogP) is 2.07. The zero-order valence-corrected chi connectivity index (χ0v) is 13.8. The Labute approximate surface area is 141 Å². The number of nitrogen functional groups attached to an aromatic ring is 1. The largest absolute Gasteiger partial charge is 0.289 e. The number of hydrogen-bond donors (Lipinski definition) is 2. The molecule has 0 saturated heterocycles. The number of rotatable bonds is 3. The Morgan fingerprint density at radius 1 is 1.12 bits per heavy atom. The van der Waals surface area contributed by atoms with Crippen molar-refractivity contribution >= 4 is 26.8 Å². The molecule has 1 heterocycles. The summed E-state index contributed by atoms with van der Waals surface area (Å²) in [5, 5.41) is -0.339. The molecule has 0 unspecified atom stereocenters. The number of fused-ring (bicyclic) bond motifs is 1. The van der Waals surface area contributed by atoms with Crippen molar-refractivity contribution < 1.29 is 22.0 Å². The fourth-order valence-electron chi connectivity index (χ4n) is 2.50. The molecule has 0 aliphatic heterocycles. The number of benzene rings is 2. The van der Waals surface area contributed by atoms with Gasteiger partial charge >= 0.3 is 0 Å². The number of halogens is 2. The monoisotopic (exact) mass is 365 g/mol. The van der Waals surface area contributed by atoms with Gasteiger partial charge in [-0.25, -0.2) is 27.0 Å². The van der Waals surface area contributed by atoms with Gasteiger partial charge in [-0.05, 0) is 37.3 Å². The Hall–Kier alpha value is -2.78. The van der Waals surface area contributed by atoms with E-state index in [1.807, 2.05) is 5.43 Å². The first-order valence-corrected chi connectivity index (χ1v) is 8.54. The highest BCUT2D eigenvalue weighted by Gasteiger charge is 2.28. The third-order valence-corrected chi connectivity index (χ3v) is 5.49. The Bertz CT molecular complexity index is 1090. The highest BCUT2D eigenvalue weighted by molar-refractivity contribution is 7.90. The molecule has 3 N–H and O–H groups in total. The van der Waals surface area contributed by atoms with Crippen LogP contribution in [-0.4, -0.2) is 18.3 Å². The van der Waals surface area contributed by atoms with Gasteiger partial charge in [0.25, 0.3) is 15.9 Å². The van der Waals surface area contributed by atoms with Gasteiger partial charge in [0.05, 0.1) is 10.4 Å². The first-order chi connectivity index (χ1) is 11.8. The lowest BCUT2D eigenvalue weighted by Gasteiger charge is -2.11. The molecule has 2 aromatic carbocycles. The SMILES string of the molecule is Cc1ccc(S(=O)(=O)n2c(C(=O)NN)cc3c(F)c(F)ccc32)cc1. The third-order valence-electron chi connectivity index (χ3n) is 3.75. The number of aromatic nitrogens is 1. The molecule has 0 saturated carbocycles. The summed E-state index contributed by atoms with van der Waals surface area (Å²) in [5.41, 5.74) is 2.05. The summed E-state index contributed by atoms with van der Waals surface area (Å²) in [6, 6.07) is 8.72. The van der Waals surface area contributed by atoms with Crippen molar-refractivity contribution in [2.75, 3.05) is 0 Å². The van der Waals surface area contributed by atoms with Crippen LogP contribution < -0.4 is 11.3 Å². The number of carbonyl (C=O) groups is 1. The van der Waals surface area contributed by atoms with Gasteiger partial charge in [-0.1, -0.05) is 17.7 Å². The molecule has 9 heteroatoms. The molecule has 0 radical (unpaired) electrons. The second kappa shape index (κ2) is 5.94. The normalized spacial score (nSPS) is 11.7. The highest BCUT2D eigenvalue weighted by Crippen LogP contribution is 2.29. The standard InChI is InChI=1S/C16H13F2N3O3S/c1-9-2-4-10(5-3-9)25(23,24)21-13-7-6-12(17)15(18)11(13)8-14(21)16(22)20-19/h2-8H,19H2,1H3,(H,20,22). The third kappa shape index (κ3) is 2.67. The summed E-state index contributed by atoms with van der Waals surface area (Å²) < 4.78 is 54.2. The van der Waals surface area contributed by atoms with Crippen LogP contribution in [0.15, 0.2) is 47.4 Å². The minimum Gasteiger partial charge on any atom is -0.289 e. The van der Waals surface area contributed by atoms with Crippen LogP contribution in [0.4, 0.5) is 8.78 Å². The second-order valence-corrected chi connectivity index (χ2v) is 7.17. The highest BCUT2D eigenvalue weighted by atomic mass is 32.2. The van der Waals surface area contributed by atoms with Crippen LogP contribution in [0.5, 0.6) is 0 Å². The number of hydrogen-bond acceptors (Lipinski definition) is 4. The Morgan fingerprint density at radius 2 is 1.76 bits per heavy atom. The van der Waals surface area contributed by atoms with Crippen LogP contribution >= 0.6 is 0 Å². The number of aryl methyl sites for hydroxylation is 1.